The molecule has 1 aromatic carbocycles. The fourth-order valence-electron chi connectivity index (χ4n) is 2.34. The SMILES string of the molecule is CNCc1c(Cl)cccc1N(C)C(C)C1CC1. The topological polar surface area (TPSA) is 15.3 Å². The van der Waals surface area contributed by atoms with Gasteiger partial charge in [-0.2, -0.15) is 0 Å². The average Bonchev–Trinajstić information content (AvgIpc) is 3.14. The molecule has 0 bridgehead atoms. The standard InChI is InChI=1S/C14H21ClN2/c1-10(11-7-8-11)17(3)14-6-4-5-13(15)12(14)9-16-2/h4-6,10-11,16H,7-9H2,1-3H3. The van der Waals surface area contributed by atoms with Gasteiger partial charge in [0.25, 0.3) is 0 Å². The molecule has 1 atom stereocenters. The Morgan fingerprint density at radius 3 is 2.76 bits per heavy atom. The van der Waals surface area contributed by atoms with E-state index in [4.69, 9.17) is 11.6 Å². The summed E-state index contributed by atoms with van der Waals surface area (Å²) in [4.78, 5) is 2.37. The van der Waals surface area contributed by atoms with Gasteiger partial charge in [-0.05, 0) is 44.9 Å². The summed E-state index contributed by atoms with van der Waals surface area (Å²) in [6.45, 7) is 3.12. The number of halogens is 1. The summed E-state index contributed by atoms with van der Waals surface area (Å²) in [5, 5.41) is 4.05. The summed E-state index contributed by atoms with van der Waals surface area (Å²) in [6, 6.07) is 6.77. The van der Waals surface area contributed by atoms with E-state index in [1.807, 2.05) is 19.2 Å². The van der Waals surface area contributed by atoms with Crippen molar-refractivity contribution in [3.8, 4) is 0 Å². The minimum absolute atomic E-state index is 0.601. The predicted molar refractivity (Wildman–Crippen MR) is 74.8 cm³/mol. The van der Waals surface area contributed by atoms with Crippen LogP contribution in [0, 0.1) is 5.92 Å². The summed E-state index contributed by atoms with van der Waals surface area (Å²) in [5.74, 6) is 0.862. The zero-order valence-electron chi connectivity index (χ0n) is 10.8. The number of hydrogen-bond acceptors (Lipinski definition) is 2. The number of nitrogens with zero attached hydrogens (tertiary/aromatic N) is 1. The third-order valence-electron chi connectivity index (χ3n) is 3.74. The first kappa shape index (κ1) is 12.7. The van der Waals surface area contributed by atoms with Crippen molar-refractivity contribution in [1.82, 2.24) is 5.32 Å². The van der Waals surface area contributed by atoms with E-state index in [1.165, 1.54) is 24.1 Å². The summed E-state index contributed by atoms with van der Waals surface area (Å²) in [6.07, 6.45) is 2.74. The molecule has 0 aliphatic heterocycles. The fourth-order valence-corrected chi connectivity index (χ4v) is 2.58. The van der Waals surface area contributed by atoms with Crippen LogP contribution in [0.2, 0.25) is 5.02 Å². The lowest BCUT2D eigenvalue weighted by molar-refractivity contribution is 0.606. The Balaban J connectivity index is 2.26. The van der Waals surface area contributed by atoms with E-state index in [9.17, 15) is 0 Å². The van der Waals surface area contributed by atoms with Crippen molar-refractivity contribution < 1.29 is 0 Å². The normalized spacial score (nSPS) is 16.9. The van der Waals surface area contributed by atoms with Gasteiger partial charge in [-0.25, -0.2) is 0 Å². The zero-order chi connectivity index (χ0) is 12.4. The molecule has 2 rings (SSSR count). The summed E-state index contributed by atoms with van der Waals surface area (Å²) < 4.78 is 0. The maximum absolute atomic E-state index is 6.29. The molecule has 1 aliphatic rings. The van der Waals surface area contributed by atoms with Crippen LogP contribution < -0.4 is 10.2 Å². The number of benzene rings is 1. The molecule has 2 nitrogen and oxygen atoms in total. The first-order chi connectivity index (χ1) is 8.15. The lowest BCUT2D eigenvalue weighted by Gasteiger charge is -2.29. The number of hydrogen-bond donors (Lipinski definition) is 1. The molecule has 1 saturated carbocycles. The van der Waals surface area contributed by atoms with E-state index in [-0.39, 0.29) is 0 Å². The molecule has 0 radical (unpaired) electrons. The van der Waals surface area contributed by atoms with Crippen LogP contribution in [-0.2, 0) is 6.54 Å². The minimum atomic E-state index is 0.601. The number of anilines is 1. The lowest BCUT2D eigenvalue weighted by atomic mass is 10.1. The Bertz CT molecular complexity index is 388. The highest BCUT2D eigenvalue weighted by Crippen LogP contribution is 2.37. The van der Waals surface area contributed by atoms with Gasteiger partial charge in [0.05, 0.1) is 0 Å². The van der Waals surface area contributed by atoms with Crippen molar-refractivity contribution in [1.29, 1.82) is 0 Å². The number of rotatable bonds is 5. The van der Waals surface area contributed by atoms with E-state index in [0.29, 0.717) is 6.04 Å². The molecule has 17 heavy (non-hydrogen) atoms. The third kappa shape index (κ3) is 2.75. The van der Waals surface area contributed by atoms with E-state index in [1.54, 1.807) is 0 Å². The quantitative estimate of drug-likeness (QED) is 0.865. The van der Waals surface area contributed by atoms with Crippen LogP contribution in [-0.4, -0.2) is 20.1 Å². The fraction of sp³-hybridized carbons (Fsp3) is 0.571. The van der Waals surface area contributed by atoms with Crippen LogP contribution >= 0.6 is 11.6 Å². The largest absolute Gasteiger partial charge is 0.371 e. The van der Waals surface area contributed by atoms with E-state index in [0.717, 1.165) is 17.5 Å². The van der Waals surface area contributed by atoms with Gasteiger partial charge >= 0.3 is 0 Å². The van der Waals surface area contributed by atoms with Gasteiger partial charge in [-0.15, -0.1) is 0 Å². The van der Waals surface area contributed by atoms with Gasteiger partial charge in [0.2, 0.25) is 0 Å². The summed E-state index contributed by atoms with van der Waals surface area (Å²) in [5.41, 5.74) is 2.46. The van der Waals surface area contributed by atoms with Crippen LogP contribution in [0.4, 0.5) is 5.69 Å². The number of nitrogens with one attached hydrogen (secondary N) is 1. The second-order valence-corrected chi connectivity index (χ2v) is 5.36. The summed E-state index contributed by atoms with van der Waals surface area (Å²) in [7, 11) is 4.13. The molecule has 0 saturated heterocycles. The molecular weight excluding hydrogens is 232 g/mol. The smallest absolute Gasteiger partial charge is 0.0471 e. The lowest BCUT2D eigenvalue weighted by Crippen LogP contribution is -2.31. The highest BCUT2D eigenvalue weighted by Gasteiger charge is 2.31. The van der Waals surface area contributed by atoms with E-state index in [2.05, 4.69) is 30.3 Å². The monoisotopic (exact) mass is 252 g/mol. The van der Waals surface area contributed by atoms with Gasteiger partial charge in [0, 0.05) is 35.9 Å². The van der Waals surface area contributed by atoms with Crippen molar-refractivity contribution >= 4 is 17.3 Å². The minimum Gasteiger partial charge on any atom is -0.371 e. The Morgan fingerprint density at radius 2 is 2.18 bits per heavy atom. The van der Waals surface area contributed by atoms with Crippen LogP contribution in [0.15, 0.2) is 18.2 Å². The van der Waals surface area contributed by atoms with Crippen LogP contribution in [0.1, 0.15) is 25.3 Å². The Hall–Kier alpha value is -0.730. The van der Waals surface area contributed by atoms with Crippen LogP contribution in [0.5, 0.6) is 0 Å². The van der Waals surface area contributed by atoms with Gasteiger partial charge in [0.1, 0.15) is 0 Å². The van der Waals surface area contributed by atoms with Gasteiger partial charge in [-0.1, -0.05) is 17.7 Å². The molecule has 1 N–H and O–H groups in total. The van der Waals surface area contributed by atoms with Gasteiger partial charge < -0.3 is 10.2 Å². The van der Waals surface area contributed by atoms with Gasteiger partial charge in [-0.3, -0.25) is 0 Å². The van der Waals surface area contributed by atoms with Crippen molar-refractivity contribution in [3.05, 3.63) is 28.8 Å². The van der Waals surface area contributed by atoms with E-state index < -0.39 is 0 Å². The first-order valence-corrected chi connectivity index (χ1v) is 6.67. The predicted octanol–water partition coefficient (Wildman–Crippen LogP) is 3.29. The zero-order valence-corrected chi connectivity index (χ0v) is 11.6. The van der Waals surface area contributed by atoms with E-state index >= 15 is 0 Å². The molecule has 1 fully saturated rings. The molecule has 1 aromatic rings. The highest BCUT2D eigenvalue weighted by molar-refractivity contribution is 6.31. The van der Waals surface area contributed by atoms with Crippen molar-refractivity contribution in [3.63, 3.8) is 0 Å². The van der Waals surface area contributed by atoms with Crippen molar-refractivity contribution in [2.45, 2.75) is 32.4 Å². The average molecular weight is 253 g/mol. The maximum Gasteiger partial charge on any atom is 0.0471 e. The van der Waals surface area contributed by atoms with Crippen molar-refractivity contribution in [2.75, 3.05) is 19.0 Å². The van der Waals surface area contributed by atoms with Crippen LogP contribution in [0.3, 0.4) is 0 Å². The first-order valence-electron chi connectivity index (χ1n) is 6.30. The van der Waals surface area contributed by atoms with Gasteiger partial charge in [0.15, 0.2) is 0 Å². The molecule has 0 heterocycles. The molecular formula is C14H21ClN2. The second kappa shape index (κ2) is 5.28. The molecule has 0 aromatic heterocycles. The van der Waals surface area contributed by atoms with Crippen molar-refractivity contribution in [2.24, 2.45) is 5.92 Å². The summed E-state index contributed by atoms with van der Waals surface area (Å²) >= 11 is 6.29. The molecule has 0 spiro atoms. The molecule has 0 amide bonds. The molecule has 3 heteroatoms. The Labute approximate surface area is 109 Å². The molecule has 94 valence electrons. The van der Waals surface area contributed by atoms with Crippen LogP contribution in [0.25, 0.3) is 0 Å². The Kier molecular flexibility index (Phi) is 3.95. The highest BCUT2D eigenvalue weighted by atomic mass is 35.5. The maximum atomic E-state index is 6.29. The molecule has 1 aliphatic carbocycles. The Morgan fingerprint density at radius 1 is 1.47 bits per heavy atom. The molecule has 1 unspecified atom stereocenters. The second-order valence-electron chi connectivity index (χ2n) is 4.96. The third-order valence-corrected chi connectivity index (χ3v) is 4.10.